The van der Waals surface area contributed by atoms with E-state index in [1.807, 2.05) is 65.8 Å². The maximum absolute atomic E-state index is 11.5. The molecule has 0 aliphatic rings. The smallest absolute Gasteiger partial charge is 0.223 e. The molecule has 1 radical (unpaired) electrons. The Morgan fingerprint density at radius 1 is 0.886 bits per heavy atom. The molecule has 185 valence electrons. The molecule has 0 saturated heterocycles. The number of aromatic nitrogens is 2. The third kappa shape index (κ3) is 7.45. The first-order valence-electron chi connectivity index (χ1n) is 11.2. The number of aliphatic hydroxyl groups excluding tert-OH is 1. The van der Waals surface area contributed by atoms with Crippen LogP contribution in [0.1, 0.15) is 41.5 Å². The van der Waals surface area contributed by atoms with Gasteiger partial charge in [-0.3, -0.25) is 4.79 Å². The molecular formula is C29H31IrN2O3-. The summed E-state index contributed by atoms with van der Waals surface area (Å²) in [4.78, 5) is 19.8. The van der Waals surface area contributed by atoms with E-state index >= 15 is 0 Å². The van der Waals surface area contributed by atoms with Gasteiger partial charge < -0.3 is 14.8 Å². The Morgan fingerprint density at radius 3 is 2.23 bits per heavy atom. The number of hydrogen-bond donors (Lipinski definition) is 1. The molecule has 2 heterocycles. The van der Waals surface area contributed by atoms with E-state index in [4.69, 9.17) is 4.74 Å². The fraction of sp³-hybridized carbons (Fsp3) is 0.276. The van der Waals surface area contributed by atoms with E-state index < -0.39 is 5.41 Å². The van der Waals surface area contributed by atoms with Crippen molar-refractivity contribution in [2.45, 2.75) is 41.5 Å². The minimum absolute atomic E-state index is 0. The van der Waals surface area contributed by atoms with Crippen molar-refractivity contribution < 1.29 is 34.7 Å². The molecule has 0 bridgehead atoms. The summed E-state index contributed by atoms with van der Waals surface area (Å²) in [6.07, 6.45) is 6.35. The largest absolute Gasteiger partial charge is 0.512 e. The number of pyridine rings is 2. The van der Waals surface area contributed by atoms with Gasteiger partial charge in [0.15, 0.2) is 5.78 Å². The molecule has 0 atom stereocenters. The standard InChI is InChI=1S/C18H11N2O.C11H20O2.Ir/c1-2-4-15-13(3-1)5-6-17-16(15)9-12-20-18(17)21-14-7-10-19-11-8-14;1-10(2,3)8(12)7-9(13)11(4,5)6;/h1-7,9-12H;7,12H,1-6H3;/q-1;;/b;8-7-;. The zero-order valence-corrected chi connectivity index (χ0v) is 23.3. The molecule has 35 heavy (non-hydrogen) atoms. The minimum atomic E-state index is -0.417. The van der Waals surface area contributed by atoms with Crippen LogP contribution < -0.4 is 4.74 Å². The van der Waals surface area contributed by atoms with E-state index in [1.54, 1.807) is 24.7 Å². The van der Waals surface area contributed by atoms with Gasteiger partial charge >= 0.3 is 0 Å². The monoisotopic (exact) mass is 648 g/mol. The minimum Gasteiger partial charge on any atom is -0.512 e. The second-order valence-corrected chi connectivity index (χ2v) is 10.1. The topological polar surface area (TPSA) is 72.3 Å². The van der Waals surface area contributed by atoms with Crippen LogP contribution in [-0.4, -0.2) is 20.9 Å². The fourth-order valence-electron chi connectivity index (χ4n) is 3.02. The summed E-state index contributed by atoms with van der Waals surface area (Å²) in [6.45, 7) is 11.1. The van der Waals surface area contributed by atoms with Crippen LogP contribution in [0.15, 0.2) is 79.0 Å². The number of carbonyl (C=O) groups excluding carboxylic acids is 1. The average molecular weight is 648 g/mol. The molecule has 0 unspecified atom stereocenters. The summed E-state index contributed by atoms with van der Waals surface area (Å²) in [6, 6.07) is 19.2. The third-order valence-electron chi connectivity index (χ3n) is 5.21. The molecular weight excluding hydrogens is 617 g/mol. The van der Waals surface area contributed by atoms with Gasteiger partial charge in [0.2, 0.25) is 5.88 Å². The summed E-state index contributed by atoms with van der Waals surface area (Å²) < 4.78 is 5.83. The van der Waals surface area contributed by atoms with Gasteiger partial charge in [-0.2, -0.15) is 12.1 Å². The molecule has 2 aromatic heterocycles. The second-order valence-electron chi connectivity index (χ2n) is 10.1. The number of allylic oxidation sites excluding steroid dienone is 2. The van der Waals surface area contributed by atoms with Gasteiger partial charge in [0.25, 0.3) is 0 Å². The normalized spacial score (nSPS) is 11.9. The van der Waals surface area contributed by atoms with Gasteiger partial charge in [0, 0.05) is 48.6 Å². The van der Waals surface area contributed by atoms with E-state index in [-0.39, 0.29) is 37.1 Å². The van der Waals surface area contributed by atoms with Gasteiger partial charge in [-0.25, -0.2) is 4.98 Å². The van der Waals surface area contributed by atoms with E-state index in [2.05, 4.69) is 34.2 Å². The number of carbonyl (C=O) groups is 1. The Bertz CT molecular complexity index is 1320. The molecule has 2 aromatic carbocycles. The summed E-state index contributed by atoms with van der Waals surface area (Å²) in [5.41, 5.74) is -0.764. The number of benzene rings is 2. The van der Waals surface area contributed by atoms with Crippen LogP contribution in [0.25, 0.3) is 21.5 Å². The van der Waals surface area contributed by atoms with Gasteiger partial charge in [-0.05, 0) is 34.0 Å². The van der Waals surface area contributed by atoms with Crippen LogP contribution in [0.3, 0.4) is 0 Å². The number of ketones is 1. The molecule has 0 saturated carbocycles. The van der Waals surface area contributed by atoms with E-state index in [0.717, 1.165) is 10.8 Å². The SMILES string of the molecule is CC(C)(C)C(=O)/C=C(\O)C(C)(C)C.[Ir].[c-]1cnccc1Oc1nccc2c1ccc1ccccc12. The molecule has 6 heteroatoms. The van der Waals surface area contributed by atoms with Crippen molar-refractivity contribution in [2.24, 2.45) is 10.8 Å². The zero-order valence-electron chi connectivity index (χ0n) is 20.9. The zero-order chi connectivity index (χ0) is 24.9. The number of nitrogens with zero attached hydrogens (tertiary/aromatic N) is 2. The second kappa shape index (κ2) is 11.6. The number of hydrogen-bond acceptors (Lipinski definition) is 5. The quantitative estimate of drug-likeness (QED) is 0.108. The molecule has 0 spiro atoms. The van der Waals surface area contributed by atoms with Gasteiger partial charge in [-0.1, -0.05) is 84.3 Å². The van der Waals surface area contributed by atoms with Crippen molar-refractivity contribution in [3.05, 3.63) is 85.0 Å². The first-order valence-corrected chi connectivity index (χ1v) is 11.2. The van der Waals surface area contributed by atoms with Gasteiger partial charge in [0.1, 0.15) is 5.76 Å². The van der Waals surface area contributed by atoms with Crippen molar-refractivity contribution >= 4 is 27.3 Å². The molecule has 0 aliphatic carbocycles. The predicted octanol–water partition coefficient (Wildman–Crippen LogP) is 7.46. The van der Waals surface area contributed by atoms with Crippen LogP contribution in [0.2, 0.25) is 0 Å². The Labute approximate surface area is 220 Å². The van der Waals surface area contributed by atoms with Crippen molar-refractivity contribution in [2.75, 3.05) is 0 Å². The Hall–Kier alpha value is -3.08. The van der Waals surface area contributed by atoms with Gasteiger partial charge in [0.05, 0.1) is 0 Å². The molecule has 4 aromatic rings. The first-order chi connectivity index (χ1) is 16.0. The van der Waals surface area contributed by atoms with Crippen LogP contribution >= 0.6 is 0 Å². The molecule has 5 nitrogen and oxygen atoms in total. The first kappa shape index (κ1) is 28.2. The molecule has 0 amide bonds. The van der Waals surface area contributed by atoms with Crippen LogP contribution in [0, 0.1) is 16.9 Å². The summed E-state index contributed by atoms with van der Waals surface area (Å²) >= 11 is 0. The predicted molar refractivity (Wildman–Crippen MR) is 137 cm³/mol. The summed E-state index contributed by atoms with van der Waals surface area (Å²) in [5.74, 6) is 1.30. The van der Waals surface area contributed by atoms with Crippen molar-refractivity contribution in [1.82, 2.24) is 9.97 Å². The van der Waals surface area contributed by atoms with Crippen LogP contribution in [0.4, 0.5) is 0 Å². The van der Waals surface area contributed by atoms with Crippen molar-refractivity contribution in [3.63, 3.8) is 0 Å². The average Bonchev–Trinajstić information content (AvgIpc) is 2.79. The maximum atomic E-state index is 11.5. The Balaban J connectivity index is 0.000000271. The maximum Gasteiger partial charge on any atom is 0.223 e. The Morgan fingerprint density at radius 2 is 1.60 bits per heavy atom. The van der Waals surface area contributed by atoms with Crippen molar-refractivity contribution in [3.8, 4) is 11.6 Å². The number of aliphatic hydroxyl groups is 1. The number of rotatable bonds is 3. The molecule has 0 aliphatic heterocycles. The van der Waals surface area contributed by atoms with Crippen molar-refractivity contribution in [1.29, 1.82) is 0 Å². The molecule has 4 rings (SSSR count). The molecule has 1 N–H and O–H groups in total. The fourth-order valence-corrected chi connectivity index (χ4v) is 3.02. The third-order valence-corrected chi connectivity index (χ3v) is 5.21. The number of ether oxygens (including phenoxy) is 1. The van der Waals surface area contributed by atoms with E-state index in [9.17, 15) is 9.90 Å². The summed E-state index contributed by atoms with van der Waals surface area (Å²) in [7, 11) is 0. The van der Waals surface area contributed by atoms with E-state index in [1.165, 1.54) is 16.8 Å². The van der Waals surface area contributed by atoms with E-state index in [0.29, 0.717) is 11.6 Å². The number of fused-ring (bicyclic) bond motifs is 3. The Kier molecular flexibility index (Phi) is 9.31. The van der Waals surface area contributed by atoms with Crippen LogP contribution in [0.5, 0.6) is 11.6 Å². The van der Waals surface area contributed by atoms with Crippen LogP contribution in [-0.2, 0) is 24.9 Å². The molecule has 0 fully saturated rings. The van der Waals surface area contributed by atoms with Gasteiger partial charge in [-0.15, -0.1) is 0 Å². The summed E-state index contributed by atoms with van der Waals surface area (Å²) in [5, 5.41) is 14.1.